The number of aromatic nitrogens is 3. The van der Waals surface area contributed by atoms with E-state index in [1.54, 1.807) is 12.1 Å². The Morgan fingerprint density at radius 1 is 0.720 bits per heavy atom. The molecule has 0 saturated carbocycles. The summed E-state index contributed by atoms with van der Waals surface area (Å²) in [5.74, 6) is 1.21. The Hall–Kier alpha value is -3.27. The number of hydrogen-bond acceptors (Lipinski definition) is 2. The lowest BCUT2D eigenvalue weighted by Gasteiger charge is -2.11. The molecule has 4 heteroatoms. The molecule has 0 unspecified atom stereocenters. The average Bonchev–Trinajstić information content (AvgIpc) is 3.05. The monoisotopic (exact) mass is 329 g/mol. The third-order valence-electron chi connectivity index (χ3n) is 4.14. The highest BCUT2D eigenvalue weighted by molar-refractivity contribution is 5.67. The molecule has 0 fully saturated rings. The van der Waals surface area contributed by atoms with E-state index < -0.39 is 0 Å². The molecule has 3 aromatic carbocycles. The zero-order chi connectivity index (χ0) is 17.2. The molecule has 122 valence electrons. The van der Waals surface area contributed by atoms with Crippen molar-refractivity contribution < 1.29 is 4.39 Å². The minimum atomic E-state index is -0.266. The largest absolute Gasteiger partial charge is 0.279 e. The molecule has 0 radical (unpaired) electrons. The van der Waals surface area contributed by atoms with Crippen LogP contribution in [0.1, 0.15) is 5.82 Å². The second kappa shape index (κ2) is 6.32. The molecule has 0 amide bonds. The minimum absolute atomic E-state index is 0.266. The summed E-state index contributed by atoms with van der Waals surface area (Å²) in [6.45, 7) is 1.91. The van der Waals surface area contributed by atoms with Gasteiger partial charge in [-0.15, -0.1) is 10.2 Å². The highest BCUT2D eigenvalue weighted by Crippen LogP contribution is 2.26. The first-order valence-corrected chi connectivity index (χ1v) is 8.06. The van der Waals surface area contributed by atoms with Gasteiger partial charge in [-0.25, -0.2) is 4.39 Å². The quantitative estimate of drug-likeness (QED) is 0.526. The summed E-state index contributed by atoms with van der Waals surface area (Å²) in [7, 11) is 0. The molecule has 0 aliphatic rings. The zero-order valence-corrected chi connectivity index (χ0v) is 13.7. The fraction of sp³-hybridized carbons (Fsp3) is 0.0476. The van der Waals surface area contributed by atoms with Crippen molar-refractivity contribution in [3.63, 3.8) is 0 Å². The van der Waals surface area contributed by atoms with Gasteiger partial charge in [-0.3, -0.25) is 4.57 Å². The molecular formula is C21H16FN3. The van der Waals surface area contributed by atoms with Gasteiger partial charge in [0, 0.05) is 11.3 Å². The van der Waals surface area contributed by atoms with E-state index in [-0.39, 0.29) is 5.82 Å². The first kappa shape index (κ1) is 15.3. The summed E-state index contributed by atoms with van der Waals surface area (Å²) in [4.78, 5) is 0. The van der Waals surface area contributed by atoms with E-state index in [2.05, 4.69) is 34.5 Å². The van der Waals surface area contributed by atoms with Crippen molar-refractivity contribution >= 4 is 0 Å². The Bertz CT molecular complexity index is 1010. The van der Waals surface area contributed by atoms with E-state index in [1.165, 1.54) is 12.1 Å². The van der Waals surface area contributed by atoms with Gasteiger partial charge in [-0.2, -0.15) is 0 Å². The van der Waals surface area contributed by atoms with Gasteiger partial charge in [-0.1, -0.05) is 42.5 Å². The number of rotatable bonds is 3. The maximum Gasteiger partial charge on any atom is 0.168 e. The third kappa shape index (κ3) is 2.94. The summed E-state index contributed by atoms with van der Waals surface area (Å²) < 4.78 is 15.2. The summed E-state index contributed by atoms with van der Waals surface area (Å²) in [6, 6.07) is 24.8. The van der Waals surface area contributed by atoms with Crippen molar-refractivity contribution in [1.82, 2.24) is 14.8 Å². The number of benzene rings is 3. The van der Waals surface area contributed by atoms with Gasteiger partial charge >= 0.3 is 0 Å². The van der Waals surface area contributed by atoms with Crippen LogP contribution in [0.25, 0.3) is 28.2 Å². The second-order valence-electron chi connectivity index (χ2n) is 5.83. The van der Waals surface area contributed by atoms with Gasteiger partial charge in [0.05, 0.1) is 0 Å². The minimum Gasteiger partial charge on any atom is -0.279 e. The number of nitrogens with zero attached hydrogens (tertiary/aromatic N) is 3. The van der Waals surface area contributed by atoms with Gasteiger partial charge in [0.2, 0.25) is 0 Å². The normalized spacial score (nSPS) is 10.8. The Kier molecular flexibility index (Phi) is 3.86. The van der Waals surface area contributed by atoms with Crippen LogP contribution in [-0.2, 0) is 0 Å². The maximum absolute atomic E-state index is 13.2. The molecule has 0 saturated heterocycles. The summed E-state index contributed by atoms with van der Waals surface area (Å²) in [5, 5.41) is 8.50. The van der Waals surface area contributed by atoms with Crippen molar-refractivity contribution in [3.05, 3.63) is 90.5 Å². The van der Waals surface area contributed by atoms with Gasteiger partial charge in [0.25, 0.3) is 0 Å². The predicted molar refractivity (Wildman–Crippen MR) is 96.9 cm³/mol. The molecule has 0 bridgehead atoms. The van der Waals surface area contributed by atoms with E-state index >= 15 is 0 Å². The Balaban J connectivity index is 1.83. The highest BCUT2D eigenvalue weighted by atomic mass is 19.1. The lowest BCUT2D eigenvalue weighted by Crippen LogP contribution is -2.00. The first-order valence-electron chi connectivity index (χ1n) is 8.06. The van der Waals surface area contributed by atoms with Crippen molar-refractivity contribution in [2.75, 3.05) is 0 Å². The summed E-state index contributed by atoms with van der Waals surface area (Å²) >= 11 is 0. The van der Waals surface area contributed by atoms with Gasteiger partial charge in [0.1, 0.15) is 11.6 Å². The summed E-state index contributed by atoms with van der Waals surface area (Å²) in [6.07, 6.45) is 0. The fourth-order valence-corrected chi connectivity index (χ4v) is 2.91. The molecule has 4 aromatic rings. The molecule has 1 heterocycles. The molecule has 0 aliphatic carbocycles. The third-order valence-corrected chi connectivity index (χ3v) is 4.14. The Morgan fingerprint density at radius 2 is 1.44 bits per heavy atom. The van der Waals surface area contributed by atoms with E-state index in [0.29, 0.717) is 5.82 Å². The molecule has 25 heavy (non-hydrogen) atoms. The topological polar surface area (TPSA) is 30.7 Å². The lowest BCUT2D eigenvalue weighted by atomic mass is 10.1. The van der Waals surface area contributed by atoms with Crippen LogP contribution in [0, 0.1) is 12.7 Å². The lowest BCUT2D eigenvalue weighted by molar-refractivity contribution is 0.628. The van der Waals surface area contributed by atoms with Crippen molar-refractivity contribution in [3.8, 4) is 28.2 Å². The molecule has 0 aliphatic heterocycles. The van der Waals surface area contributed by atoms with Gasteiger partial charge in [0.15, 0.2) is 5.82 Å². The van der Waals surface area contributed by atoms with E-state index in [9.17, 15) is 4.39 Å². The first-order chi connectivity index (χ1) is 12.2. The van der Waals surface area contributed by atoms with Crippen LogP contribution in [0.5, 0.6) is 0 Å². The molecule has 0 N–H and O–H groups in total. The van der Waals surface area contributed by atoms with Crippen LogP contribution in [0.3, 0.4) is 0 Å². The molecule has 3 nitrogen and oxygen atoms in total. The second-order valence-corrected chi connectivity index (χ2v) is 5.83. The Morgan fingerprint density at radius 3 is 2.20 bits per heavy atom. The van der Waals surface area contributed by atoms with Crippen molar-refractivity contribution in [1.29, 1.82) is 0 Å². The number of halogens is 1. The van der Waals surface area contributed by atoms with E-state index in [1.807, 2.05) is 41.8 Å². The van der Waals surface area contributed by atoms with Crippen LogP contribution in [0.4, 0.5) is 4.39 Å². The Labute approximate surface area is 145 Å². The summed E-state index contributed by atoms with van der Waals surface area (Å²) in [5.41, 5.74) is 4.07. The standard InChI is InChI=1S/C21H16FN3/c1-15-23-24-21(17-10-12-19(22)13-11-17)25(15)20-9-5-8-18(14-20)16-6-3-2-4-7-16/h2-14H,1H3. The van der Waals surface area contributed by atoms with E-state index in [0.717, 1.165) is 28.2 Å². The van der Waals surface area contributed by atoms with Crippen LogP contribution >= 0.6 is 0 Å². The van der Waals surface area contributed by atoms with Gasteiger partial charge in [-0.05, 0) is 54.4 Å². The molecule has 1 aromatic heterocycles. The molecule has 0 spiro atoms. The number of hydrogen-bond donors (Lipinski definition) is 0. The SMILES string of the molecule is Cc1nnc(-c2ccc(F)cc2)n1-c1cccc(-c2ccccc2)c1. The van der Waals surface area contributed by atoms with Crippen LogP contribution < -0.4 is 0 Å². The van der Waals surface area contributed by atoms with Crippen molar-refractivity contribution in [2.24, 2.45) is 0 Å². The highest BCUT2D eigenvalue weighted by Gasteiger charge is 2.13. The van der Waals surface area contributed by atoms with Crippen molar-refractivity contribution in [2.45, 2.75) is 6.92 Å². The van der Waals surface area contributed by atoms with Gasteiger partial charge < -0.3 is 0 Å². The van der Waals surface area contributed by atoms with Crippen LogP contribution in [-0.4, -0.2) is 14.8 Å². The van der Waals surface area contributed by atoms with Crippen LogP contribution in [0.2, 0.25) is 0 Å². The number of aryl methyl sites for hydroxylation is 1. The molecule has 0 atom stereocenters. The maximum atomic E-state index is 13.2. The zero-order valence-electron chi connectivity index (χ0n) is 13.7. The smallest absolute Gasteiger partial charge is 0.168 e. The molecular weight excluding hydrogens is 313 g/mol. The van der Waals surface area contributed by atoms with E-state index in [4.69, 9.17) is 0 Å². The average molecular weight is 329 g/mol. The van der Waals surface area contributed by atoms with Crippen LogP contribution in [0.15, 0.2) is 78.9 Å². The fourth-order valence-electron chi connectivity index (χ4n) is 2.91. The predicted octanol–water partition coefficient (Wildman–Crippen LogP) is 5.05. The molecule has 4 rings (SSSR count).